The highest BCUT2D eigenvalue weighted by atomic mass is 16.3. The van der Waals surface area contributed by atoms with Gasteiger partial charge in [-0.15, -0.1) is 0 Å². The van der Waals surface area contributed by atoms with Gasteiger partial charge in [-0.05, 0) is 67.7 Å². The van der Waals surface area contributed by atoms with Gasteiger partial charge in [0, 0.05) is 25.9 Å². The Bertz CT molecular complexity index is 1060. The number of aliphatic hydroxyl groups is 2. The average Bonchev–Trinajstić information content (AvgIpc) is 2.89. The minimum absolute atomic E-state index is 0.0498. The molecule has 0 bridgehead atoms. The maximum Gasteiger partial charge on any atom is 0.222 e. The molecule has 1 saturated heterocycles. The first kappa shape index (κ1) is 26.1. The van der Waals surface area contributed by atoms with E-state index in [1.807, 2.05) is 79.4 Å². The molecule has 3 aromatic carbocycles. The van der Waals surface area contributed by atoms with Crippen molar-refractivity contribution in [2.75, 3.05) is 13.1 Å². The molecule has 2 N–H and O–H groups in total. The lowest BCUT2D eigenvalue weighted by atomic mass is 9.72. The topological polar surface area (TPSA) is 60.8 Å². The Kier molecular flexibility index (Phi) is 8.28. The first-order valence-corrected chi connectivity index (χ1v) is 13.2. The van der Waals surface area contributed by atoms with E-state index in [-0.39, 0.29) is 11.8 Å². The lowest BCUT2D eigenvalue weighted by molar-refractivity contribution is -0.134. The number of benzene rings is 3. The molecule has 4 heteroatoms. The fourth-order valence-corrected chi connectivity index (χ4v) is 5.49. The van der Waals surface area contributed by atoms with Crippen molar-refractivity contribution in [2.45, 2.75) is 63.6 Å². The molecule has 1 amide bonds. The summed E-state index contributed by atoms with van der Waals surface area (Å²) in [6, 6.07) is 28.2. The highest BCUT2D eigenvalue weighted by molar-refractivity contribution is 5.76. The van der Waals surface area contributed by atoms with Gasteiger partial charge in [-0.1, -0.05) is 84.9 Å². The predicted molar refractivity (Wildman–Crippen MR) is 145 cm³/mol. The van der Waals surface area contributed by atoms with Crippen molar-refractivity contribution in [2.24, 2.45) is 5.92 Å². The quantitative estimate of drug-likeness (QED) is 0.421. The first-order valence-electron chi connectivity index (χ1n) is 13.2. The second-order valence-corrected chi connectivity index (χ2v) is 10.8. The van der Waals surface area contributed by atoms with Gasteiger partial charge in [-0.3, -0.25) is 4.79 Å². The molecule has 1 fully saturated rings. The number of amides is 1. The van der Waals surface area contributed by atoms with Crippen molar-refractivity contribution in [3.8, 4) is 0 Å². The zero-order valence-electron chi connectivity index (χ0n) is 21.6. The average molecular weight is 486 g/mol. The molecule has 3 aromatic rings. The molecule has 1 aliphatic rings. The Balaban J connectivity index is 1.31. The molecule has 36 heavy (non-hydrogen) atoms. The molecule has 0 unspecified atom stereocenters. The van der Waals surface area contributed by atoms with E-state index >= 15 is 0 Å². The largest absolute Gasteiger partial charge is 0.390 e. The first-order chi connectivity index (χ1) is 17.3. The van der Waals surface area contributed by atoms with Crippen LogP contribution in [0.3, 0.4) is 0 Å². The number of aryl methyl sites for hydroxylation is 1. The predicted octanol–water partition coefficient (Wildman–Crippen LogP) is 5.50. The molecule has 190 valence electrons. The summed E-state index contributed by atoms with van der Waals surface area (Å²) in [4.78, 5) is 14.9. The zero-order valence-corrected chi connectivity index (χ0v) is 21.6. The van der Waals surface area contributed by atoms with Gasteiger partial charge < -0.3 is 15.1 Å². The number of hydrogen-bond acceptors (Lipinski definition) is 3. The number of piperidine rings is 1. The Morgan fingerprint density at radius 1 is 0.806 bits per heavy atom. The lowest BCUT2D eigenvalue weighted by Gasteiger charge is -2.42. The Labute approximate surface area is 215 Å². The molecule has 0 atom stereocenters. The van der Waals surface area contributed by atoms with Crippen LogP contribution in [0.1, 0.15) is 61.8 Å². The van der Waals surface area contributed by atoms with E-state index in [2.05, 4.69) is 24.3 Å². The molecular weight excluding hydrogens is 446 g/mol. The van der Waals surface area contributed by atoms with Crippen LogP contribution in [0.5, 0.6) is 0 Å². The van der Waals surface area contributed by atoms with Crippen molar-refractivity contribution < 1.29 is 15.0 Å². The summed E-state index contributed by atoms with van der Waals surface area (Å²) in [5, 5.41) is 22.0. The van der Waals surface area contributed by atoms with E-state index in [4.69, 9.17) is 0 Å². The number of rotatable bonds is 9. The van der Waals surface area contributed by atoms with Crippen molar-refractivity contribution in [3.05, 3.63) is 107 Å². The monoisotopic (exact) mass is 485 g/mol. The van der Waals surface area contributed by atoms with Crippen LogP contribution < -0.4 is 0 Å². The third kappa shape index (κ3) is 6.43. The smallest absolute Gasteiger partial charge is 0.222 e. The van der Waals surface area contributed by atoms with Gasteiger partial charge in [0.25, 0.3) is 0 Å². The van der Waals surface area contributed by atoms with Gasteiger partial charge >= 0.3 is 0 Å². The number of carbonyl (C=O) groups excluding carboxylic acids is 1. The van der Waals surface area contributed by atoms with Gasteiger partial charge in [-0.2, -0.15) is 0 Å². The van der Waals surface area contributed by atoms with Gasteiger partial charge in [0.1, 0.15) is 5.60 Å². The number of hydrogen-bond donors (Lipinski definition) is 2. The van der Waals surface area contributed by atoms with Crippen molar-refractivity contribution in [1.29, 1.82) is 0 Å². The molecule has 0 aromatic heterocycles. The minimum atomic E-state index is -1.06. The van der Waals surface area contributed by atoms with Crippen LogP contribution in [-0.4, -0.2) is 39.7 Å². The molecule has 0 spiro atoms. The van der Waals surface area contributed by atoms with Crippen molar-refractivity contribution in [3.63, 3.8) is 0 Å². The fourth-order valence-electron chi connectivity index (χ4n) is 5.49. The second kappa shape index (κ2) is 11.4. The Hall–Kier alpha value is -2.95. The van der Waals surface area contributed by atoms with Crippen LogP contribution in [0.2, 0.25) is 0 Å². The van der Waals surface area contributed by atoms with E-state index < -0.39 is 11.2 Å². The molecule has 1 aliphatic heterocycles. The summed E-state index contributed by atoms with van der Waals surface area (Å²) < 4.78 is 0. The van der Waals surface area contributed by atoms with Crippen LogP contribution in [-0.2, 0) is 23.2 Å². The standard InChI is InChI=1S/C32H39NO3/c1-31(2,35)24-26-18-16-25(17-19-26)10-9-15-30(34)33-22-20-29(21-23-33)32(36,27-11-5-3-6-12-27)28-13-7-4-8-14-28/h3-8,11-14,16-19,29,35-36H,9-10,15,20-24H2,1-2H3. The third-order valence-electron chi connectivity index (χ3n) is 7.38. The van der Waals surface area contributed by atoms with Crippen LogP contribution >= 0.6 is 0 Å². The Morgan fingerprint density at radius 3 is 1.81 bits per heavy atom. The summed E-state index contributed by atoms with van der Waals surface area (Å²) in [5.41, 5.74) is 2.39. The van der Waals surface area contributed by atoms with E-state index in [1.165, 1.54) is 5.56 Å². The van der Waals surface area contributed by atoms with Crippen LogP contribution in [0.25, 0.3) is 0 Å². The van der Waals surface area contributed by atoms with E-state index in [1.54, 1.807) is 0 Å². The van der Waals surface area contributed by atoms with E-state index in [0.717, 1.165) is 42.4 Å². The van der Waals surface area contributed by atoms with Gasteiger partial charge in [0.15, 0.2) is 0 Å². The van der Waals surface area contributed by atoms with E-state index in [0.29, 0.717) is 25.9 Å². The van der Waals surface area contributed by atoms with Crippen LogP contribution in [0, 0.1) is 5.92 Å². The zero-order chi connectivity index (χ0) is 25.6. The molecule has 1 heterocycles. The normalized spacial score (nSPS) is 15.2. The maximum atomic E-state index is 12.9. The Morgan fingerprint density at radius 2 is 1.31 bits per heavy atom. The minimum Gasteiger partial charge on any atom is -0.390 e. The second-order valence-electron chi connectivity index (χ2n) is 10.8. The van der Waals surface area contributed by atoms with Crippen molar-refractivity contribution in [1.82, 2.24) is 4.90 Å². The molecule has 0 aliphatic carbocycles. The number of nitrogens with zero attached hydrogens (tertiary/aromatic N) is 1. The maximum absolute atomic E-state index is 12.9. The highest BCUT2D eigenvalue weighted by Crippen LogP contribution is 2.42. The number of carbonyl (C=O) groups is 1. The lowest BCUT2D eigenvalue weighted by Crippen LogP contribution is -2.46. The summed E-state index contributed by atoms with van der Waals surface area (Å²) in [6.07, 6.45) is 4.40. The number of likely N-dealkylation sites (tertiary alicyclic amines) is 1. The third-order valence-corrected chi connectivity index (χ3v) is 7.38. The molecule has 4 nitrogen and oxygen atoms in total. The summed E-state index contributed by atoms with van der Waals surface area (Å²) in [6.45, 7) is 4.99. The van der Waals surface area contributed by atoms with Gasteiger partial charge in [-0.25, -0.2) is 0 Å². The molecule has 0 radical (unpaired) electrons. The van der Waals surface area contributed by atoms with Gasteiger partial charge in [0.2, 0.25) is 5.91 Å². The molecular formula is C32H39NO3. The summed E-state index contributed by atoms with van der Waals surface area (Å²) >= 11 is 0. The summed E-state index contributed by atoms with van der Waals surface area (Å²) in [7, 11) is 0. The van der Waals surface area contributed by atoms with Crippen LogP contribution in [0.4, 0.5) is 0 Å². The summed E-state index contributed by atoms with van der Waals surface area (Å²) in [5.74, 6) is 0.254. The molecule has 4 rings (SSSR count). The van der Waals surface area contributed by atoms with Crippen LogP contribution in [0.15, 0.2) is 84.9 Å². The fraction of sp³-hybridized carbons (Fsp3) is 0.406. The van der Waals surface area contributed by atoms with Crippen molar-refractivity contribution >= 4 is 5.91 Å². The molecule has 0 saturated carbocycles. The SMILES string of the molecule is CC(C)(O)Cc1ccc(CCCC(=O)N2CCC(C(O)(c3ccccc3)c3ccccc3)CC2)cc1. The van der Waals surface area contributed by atoms with Gasteiger partial charge in [0.05, 0.1) is 5.60 Å². The van der Waals surface area contributed by atoms with E-state index in [9.17, 15) is 15.0 Å². The highest BCUT2D eigenvalue weighted by Gasteiger charge is 2.41.